The zero-order valence-corrected chi connectivity index (χ0v) is 7.18. The maximum Gasteiger partial charge on any atom is 0.673 e. The molecule has 3 nitrogen and oxygen atoms in total. The standard InChI is InChI=1S/C6H12BFO3/c1-5(2)6(3,4)10-7(9-5)11-8/h1-4H3. The zero-order chi connectivity index (χ0) is 8.70. The van der Waals surface area contributed by atoms with E-state index >= 15 is 0 Å². The van der Waals surface area contributed by atoms with E-state index in [1.165, 1.54) is 0 Å². The highest BCUT2D eigenvalue weighted by Gasteiger charge is 2.53. The second-order valence-corrected chi connectivity index (χ2v) is 3.63. The molecule has 0 aromatic carbocycles. The van der Waals surface area contributed by atoms with E-state index in [-0.39, 0.29) is 0 Å². The lowest BCUT2D eigenvalue weighted by Crippen LogP contribution is -2.41. The fraction of sp³-hybridized carbons (Fsp3) is 1.00. The molecule has 64 valence electrons. The minimum atomic E-state index is -1.18. The minimum Gasteiger partial charge on any atom is -0.376 e. The van der Waals surface area contributed by atoms with Crippen LogP contribution in [0.3, 0.4) is 0 Å². The molecule has 0 saturated carbocycles. The Bertz CT molecular complexity index is 144. The van der Waals surface area contributed by atoms with Crippen molar-refractivity contribution in [2.75, 3.05) is 0 Å². The topological polar surface area (TPSA) is 27.7 Å². The van der Waals surface area contributed by atoms with E-state index in [0.29, 0.717) is 0 Å². The maximum absolute atomic E-state index is 11.6. The summed E-state index contributed by atoms with van der Waals surface area (Å²) in [6.07, 6.45) is 0. The first-order valence-electron chi connectivity index (χ1n) is 3.52. The van der Waals surface area contributed by atoms with Gasteiger partial charge in [-0.05, 0) is 27.7 Å². The van der Waals surface area contributed by atoms with Crippen molar-refractivity contribution >= 4 is 7.32 Å². The van der Waals surface area contributed by atoms with Gasteiger partial charge in [-0.2, -0.15) is 4.86 Å². The summed E-state index contributed by atoms with van der Waals surface area (Å²) in [7, 11) is -1.18. The van der Waals surface area contributed by atoms with Gasteiger partial charge in [0.05, 0.1) is 11.2 Å². The highest BCUT2D eigenvalue weighted by molar-refractivity contribution is 6.37. The Morgan fingerprint density at radius 1 is 1.09 bits per heavy atom. The van der Waals surface area contributed by atoms with Gasteiger partial charge in [-0.15, -0.1) is 0 Å². The van der Waals surface area contributed by atoms with Crippen molar-refractivity contribution in [3.63, 3.8) is 0 Å². The monoisotopic (exact) mass is 162 g/mol. The Morgan fingerprint density at radius 2 is 1.45 bits per heavy atom. The van der Waals surface area contributed by atoms with Crippen molar-refractivity contribution in [1.82, 2.24) is 0 Å². The van der Waals surface area contributed by atoms with E-state index in [4.69, 9.17) is 9.31 Å². The van der Waals surface area contributed by atoms with Gasteiger partial charge in [-0.1, -0.05) is 4.53 Å². The molecule has 0 amide bonds. The molecule has 0 aliphatic carbocycles. The van der Waals surface area contributed by atoms with E-state index in [1.54, 1.807) is 0 Å². The van der Waals surface area contributed by atoms with Gasteiger partial charge in [0.1, 0.15) is 0 Å². The molecule has 5 heteroatoms. The predicted octanol–water partition coefficient (Wildman–Crippen LogP) is 1.48. The molecule has 1 fully saturated rings. The molecule has 1 aliphatic heterocycles. The Kier molecular flexibility index (Phi) is 1.98. The fourth-order valence-corrected chi connectivity index (χ4v) is 0.825. The molecule has 0 N–H and O–H groups in total. The molecule has 0 unspecified atom stereocenters. The van der Waals surface area contributed by atoms with E-state index in [2.05, 4.69) is 4.86 Å². The molecular formula is C6H12BFO3. The summed E-state index contributed by atoms with van der Waals surface area (Å²) in [5.41, 5.74) is -1.05. The van der Waals surface area contributed by atoms with Crippen LogP contribution < -0.4 is 0 Å². The molecule has 0 spiro atoms. The second-order valence-electron chi connectivity index (χ2n) is 3.63. The van der Waals surface area contributed by atoms with Gasteiger partial charge in [0, 0.05) is 0 Å². The van der Waals surface area contributed by atoms with Gasteiger partial charge < -0.3 is 9.31 Å². The predicted molar refractivity (Wildman–Crippen MR) is 38.3 cm³/mol. The first-order valence-corrected chi connectivity index (χ1v) is 3.52. The number of hydrogen-bond acceptors (Lipinski definition) is 3. The van der Waals surface area contributed by atoms with Crippen LogP contribution in [0.15, 0.2) is 0 Å². The molecule has 0 aromatic heterocycles. The summed E-state index contributed by atoms with van der Waals surface area (Å²) < 4.78 is 21.8. The summed E-state index contributed by atoms with van der Waals surface area (Å²) in [6.45, 7) is 7.30. The molecule has 1 saturated heterocycles. The van der Waals surface area contributed by atoms with Gasteiger partial charge in [-0.3, -0.25) is 0 Å². The lowest BCUT2D eigenvalue weighted by Gasteiger charge is -2.31. The van der Waals surface area contributed by atoms with Gasteiger partial charge in [0.15, 0.2) is 0 Å². The van der Waals surface area contributed by atoms with Crippen LogP contribution in [0.2, 0.25) is 0 Å². The van der Waals surface area contributed by atoms with Crippen LogP contribution in [-0.4, -0.2) is 18.5 Å². The second kappa shape index (κ2) is 2.43. The van der Waals surface area contributed by atoms with Crippen molar-refractivity contribution in [1.29, 1.82) is 0 Å². The smallest absolute Gasteiger partial charge is 0.376 e. The van der Waals surface area contributed by atoms with Crippen LogP contribution >= 0.6 is 0 Å². The molecule has 0 aromatic rings. The average Bonchev–Trinajstić information content (AvgIpc) is 2.03. The van der Waals surface area contributed by atoms with E-state index in [9.17, 15) is 4.53 Å². The summed E-state index contributed by atoms with van der Waals surface area (Å²) in [5.74, 6) is 0. The molecule has 0 atom stereocenters. The summed E-state index contributed by atoms with van der Waals surface area (Å²) in [4.78, 5) is 3.44. The molecule has 1 aliphatic rings. The molecule has 11 heavy (non-hydrogen) atoms. The van der Waals surface area contributed by atoms with Crippen LogP contribution in [0.25, 0.3) is 0 Å². The molecule has 0 radical (unpaired) electrons. The molecule has 1 rings (SSSR count). The first kappa shape index (κ1) is 8.97. The highest BCUT2D eigenvalue weighted by atomic mass is 19.3. The van der Waals surface area contributed by atoms with Gasteiger partial charge in [-0.25, -0.2) is 0 Å². The van der Waals surface area contributed by atoms with Crippen molar-refractivity contribution < 1.29 is 18.7 Å². The Hall–Kier alpha value is -0.125. The maximum atomic E-state index is 11.6. The van der Waals surface area contributed by atoms with E-state index in [0.717, 1.165) is 0 Å². The van der Waals surface area contributed by atoms with Crippen molar-refractivity contribution in [2.45, 2.75) is 38.9 Å². The Labute approximate surface area is 65.9 Å². The van der Waals surface area contributed by atoms with Crippen LogP contribution in [0.4, 0.5) is 4.53 Å². The van der Waals surface area contributed by atoms with Gasteiger partial charge >= 0.3 is 7.32 Å². The number of hydrogen-bond donors (Lipinski definition) is 0. The van der Waals surface area contributed by atoms with Crippen LogP contribution in [0, 0.1) is 0 Å². The van der Waals surface area contributed by atoms with E-state index < -0.39 is 18.5 Å². The fourth-order valence-electron chi connectivity index (χ4n) is 0.825. The number of halogens is 1. The third-order valence-corrected chi connectivity index (χ3v) is 2.30. The summed E-state index contributed by atoms with van der Waals surface area (Å²) in [6, 6.07) is 0. The molecule has 0 bridgehead atoms. The SMILES string of the molecule is CC1(C)OB(OF)OC1(C)C. The van der Waals surface area contributed by atoms with Crippen molar-refractivity contribution in [3.8, 4) is 0 Å². The van der Waals surface area contributed by atoms with Crippen molar-refractivity contribution in [3.05, 3.63) is 0 Å². The quantitative estimate of drug-likeness (QED) is 0.546. The minimum absolute atomic E-state index is 0.524. The van der Waals surface area contributed by atoms with Gasteiger partial charge in [0.25, 0.3) is 0 Å². The van der Waals surface area contributed by atoms with Crippen LogP contribution in [0.5, 0.6) is 0 Å². The van der Waals surface area contributed by atoms with Gasteiger partial charge in [0.2, 0.25) is 0 Å². The van der Waals surface area contributed by atoms with E-state index in [1.807, 2.05) is 27.7 Å². The summed E-state index contributed by atoms with van der Waals surface area (Å²) in [5, 5.41) is 0. The highest BCUT2D eigenvalue weighted by Crippen LogP contribution is 2.36. The third-order valence-electron chi connectivity index (χ3n) is 2.30. The number of rotatable bonds is 1. The lowest BCUT2D eigenvalue weighted by molar-refractivity contribution is -0.0639. The largest absolute Gasteiger partial charge is 0.673 e. The Balaban J connectivity index is 2.72. The summed E-state index contributed by atoms with van der Waals surface area (Å²) >= 11 is 0. The lowest BCUT2D eigenvalue weighted by atomic mass is 9.90. The normalized spacial score (nSPS) is 27.5. The Morgan fingerprint density at radius 3 is 1.64 bits per heavy atom. The zero-order valence-electron chi connectivity index (χ0n) is 7.18. The molecule has 1 heterocycles. The molecular weight excluding hydrogens is 150 g/mol. The van der Waals surface area contributed by atoms with Crippen molar-refractivity contribution in [2.24, 2.45) is 0 Å². The third kappa shape index (κ3) is 1.41. The van der Waals surface area contributed by atoms with Crippen LogP contribution in [-0.2, 0) is 14.2 Å². The van der Waals surface area contributed by atoms with Crippen LogP contribution in [0.1, 0.15) is 27.7 Å². The average molecular weight is 162 g/mol. The first-order chi connectivity index (χ1) is 4.89.